The van der Waals surface area contributed by atoms with Crippen LogP contribution in [0.5, 0.6) is 0 Å². The lowest BCUT2D eigenvalue weighted by molar-refractivity contribution is 0.569. The molecule has 24 heavy (non-hydrogen) atoms. The molecule has 0 fully saturated rings. The van der Waals surface area contributed by atoms with Gasteiger partial charge in [0.05, 0.1) is 0 Å². The van der Waals surface area contributed by atoms with E-state index in [1.165, 1.54) is 0 Å². The van der Waals surface area contributed by atoms with Gasteiger partial charge in [0.2, 0.25) is 0 Å². The highest BCUT2D eigenvalue weighted by Gasteiger charge is 2.05. The summed E-state index contributed by atoms with van der Waals surface area (Å²) >= 11 is 0. The second kappa shape index (κ2) is 9.69. The second-order valence-corrected chi connectivity index (χ2v) is 5.72. The molecule has 0 amide bonds. The summed E-state index contributed by atoms with van der Waals surface area (Å²) in [5.41, 5.74) is 0. The van der Waals surface area contributed by atoms with Gasteiger partial charge in [-0.2, -0.15) is 5.10 Å². The third-order valence-corrected chi connectivity index (χ3v) is 3.80. The van der Waals surface area contributed by atoms with Gasteiger partial charge in [-0.25, -0.2) is 4.99 Å². The molecule has 2 aromatic rings. The predicted molar refractivity (Wildman–Crippen MR) is 94.6 cm³/mol. The van der Waals surface area contributed by atoms with Crippen molar-refractivity contribution in [3.8, 4) is 0 Å². The van der Waals surface area contributed by atoms with Gasteiger partial charge in [0.15, 0.2) is 11.8 Å². The summed E-state index contributed by atoms with van der Waals surface area (Å²) in [5.74, 6) is 2.58. The van der Waals surface area contributed by atoms with Crippen molar-refractivity contribution < 1.29 is 0 Å². The van der Waals surface area contributed by atoms with Gasteiger partial charge in [-0.15, -0.1) is 10.2 Å². The molecule has 0 saturated heterocycles. The van der Waals surface area contributed by atoms with Crippen LogP contribution in [0.1, 0.15) is 37.8 Å². The Labute approximate surface area is 143 Å². The quantitative estimate of drug-likeness (QED) is 0.410. The van der Waals surface area contributed by atoms with Crippen molar-refractivity contribution in [2.24, 2.45) is 12.0 Å². The van der Waals surface area contributed by atoms with Crippen LogP contribution in [-0.4, -0.2) is 43.6 Å². The highest BCUT2D eigenvalue weighted by atomic mass is 15.3. The Bertz CT molecular complexity index is 614. The fourth-order valence-electron chi connectivity index (χ4n) is 2.18. The SMILES string of the molecule is CCCCNC(=NCc1nnc(C)n1C)NCCCn1cccn1. The van der Waals surface area contributed by atoms with Crippen molar-refractivity contribution in [2.45, 2.75) is 46.2 Å². The predicted octanol–water partition coefficient (Wildman–Crippen LogP) is 1.25. The molecule has 0 unspecified atom stereocenters. The highest BCUT2D eigenvalue weighted by molar-refractivity contribution is 5.79. The average molecular weight is 332 g/mol. The molecule has 0 aromatic carbocycles. The summed E-state index contributed by atoms with van der Waals surface area (Å²) in [5, 5.41) is 19.2. The van der Waals surface area contributed by atoms with Crippen LogP contribution in [0.15, 0.2) is 23.5 Å². The lowest BCUT2D eigenvalue weighted by atomic mass is 10.3. The number of hydrogen-bond donors (Lipinski definition) is 2. The maximum atomic E-state index is 4.62. The Morgan fingerprint density at radius 1 is 1.21 bits per heavy atom. The van der Waals surface area contributed by atoms with Gasteiger partial charge in [-0.05, 0) is 25.8 Å². The topological polar surface area (TPSA) is 85.0 Å². The highest BCUT2D eigenvalue weighted by Crippen LogP contribution is 1.99. The molecular formula is C16H28N8. The van der Waals surface area contributed by atoms with E-state index in [0.717, 1.165) is 56.5 Å². The molecule has 8 heteroatoms. The zero-order chi connectivity index (χ0) is 17.2. The van der Waals surface area contributed by atoms with E-state index >= 15 is 0 Å². The standard InChI is InChI=1S/C16H28N8/c1-4-5-8-17-16(18-9-6-11-24-12-7-10-20-24)19-13-15-22-21-14(2)23(15)3/h7,10,12H,4-6,8-9,11,13H2,1-3H3,(H2,17,18,19). The number of rotatable bonds is 9. The first-order chi connectivity index (χ1) is 11.7. The Kier molecular flexibility index (Phi) is 7.25. The number of unbranched alkanes of at least 4 members (excludes halogenated alkanes) is 1. The van der Waals surface area contributed by atoms with Gasteiger partial charge >= 0.3 is 0 Å². The molecule has 0 saturated carbocycles. The largest absolute Gasteiger partial charge is 0.356 e. The lowest BCUT2D eigenvalue weighted by Gasteiger charge is -2.12. The fourth-order valence-corrected chi connectivity index (χ4v) is 2.18. The average Bonchev–Trinajstić information content (AvgIpc) is 3.20. The Hall–Kier alpha value is -2.38. The number of nitrogens with zero attached hydrogens (tertiary/aromatic N) is 6. The third-order valence-electron chi connectivity index (χ3n) is 3.80. The number of aliphatic imine (C=N–C) groups is 1. The van der Waals surface area contributed by atoms with E-state index in [1.54, 1.807) is 6.20 Å². The Morgan fingerprint density at radius 3 is 2.62 bits per heavy atom. The molecule has 0 aliphatic carbocycles. The summed E-state index contributed by atoms with van der Waals surface area (Å²) in [4.78, 5) is 4.62. The number of aromatic nitrogens is 5. The molecule has 132 valence electrons. The van der Waals surface area contributed by atoms with Crippen molar-refractivity contribution >= 4 is 5.96 Å². The van der Waals surface area contributed by atoms with Crippen LogP contribution in [-0.2, 0) is 20.1 Å². The molecule has 2 aromatic heterocycles. The normalized spacial score (nSPS) is 11.7. The van der Waals surface area contributed by atoms with Gasteiger partial charge < -0.3 is 15.2 Å². The number of guanidine groups is 1. The van der Waals surface area contributed by atoms with Crippen molar-refractivity contribution in [1.82, 2.24) is 35.2 Å². The van der Waals surface area contributed by atoms with E-state index in [9.17, 15) is 0 Å². The van der Waals surface area contributed by atoms with Crippen molar-refractivity contribution in [3.05, 3.63) is 30.1 Å². The van der Waals surface area contributed by atoms with Crippen LogP contribution in [0.3, 0.4) is 0 Å². The summed E-state index contributed by atoms with van der Waals surface area (Å²) in [6, 6.07) is 1.94. The van der Waals surface area contributed by atoms with Crippen LogP contribution >= 0.6 is 0 Å². The summed E-state index contributed by atoms with van der Waals surface area (Å²) < 4.78 is 3.90. The zero-order valence-corrected chi connectivity index (χ0v) is 14.9. The molecule has 0 aliphatic rings. The molecule has 0 aliphatic heterocycles. The number of hydrogen-bond acceptors (Lipinski definition) is 4. The Morgan fingerprint density at radius 2 is 2.00 bits per heavy atom. The zero-order valence-electron chi connectivity index (χ0n) is 14.9. The molecule has 8 nitrogen and oxygen atoms in total. The van der Waals surface area contributed by atoms with Crippen LogP contribution in [0.2, 0.25) is 0 Å². The molecule has 2 heterocycles. The number of nitrogens with one attached hydrogen (secondary N) is 2. The fraction of sp³-hybridized carbons (Fsp3) is 0.625. The molecule has 0 atom stereocenters. The van der Waals surface area contributed by atoms with Crippen LogP contribution < -0.4 is 10.6 Å². The third kappa shape index (κ3) is 5.68. The van der Waals surface area contributed by atoms with E-state index < -0.39 is 0 Å². The van der Waals surface area contributed by atoms with Crippen molar-refractivity contribution in [1.29, 1.82) is 0 Å². The van der Waals surface area contributed by atoms with E-state index in [4.69, 9.17) is 0 Å². The molecule has 0 radical (unpaired) electrons. The van der Waals surface area contributed by atoms with Crippen LogP contribution in [0, 0.1) is 6.92 Å². The van der Waals surface area contributed by atoms with E-state index in [0.29, 0.717) is 6.54 Å². The summed E-state index contributed by atoms with van der Waals surface area (Å²) in [6.45, 7) is 7.28. The smallest absolute Gasteiger partial charge is 0.191 e. The first kappa shape index (κ1) is 18.0. The van der Waals surface area contributed by atoms with Gasteiger partial charge in [0.1, 0.15) is 12.4 Å². The Balaban J connectivity index is 1.83. The first-order valence-corrected chi connectivity index (χ1v) is 8.55. The lowest BCUT2D eigenvalue weighted by Crippen LogP contribution is -2.38. The van der Waals surface area contributed by atoms with Gasteiger partial charge in [0.25, 0.3) is 0 Å². The van der Waals surface area contributed by atoms with Crippen molar-refractivity contribution in [3.63, 3.8) is 0 Å². The van der Waals surface area contributed by atoms with Crippen molar-refractivity contribution in [2.75, 3.05) is 13.1 Å². The summed E-state index contributed by atoms with van der Waals surface area (Å²) in [6.07, 6.45) is 7.04. The maximum Gasteiger partial charge on any atom is 0.191 e. The minimum Gasteiger partial charge on any atom is -0.356 e. The minimum absolute atomic E-state index is 0.512. The van der Waals surface area contributed by atoms with Gasteiger partial charge in [0, 0.05) is 39.1 Å². The number of aryl methyl sites for hydroxylation is 2. The molecular weight excluding hydrogens is 304 g/mol. The van der Waals surface area contributed by atoms with Crippen LogP contribution in [0.4, 0.5) is 0 Å². The summed E-state index contributed by atoms with van der Waals surface area (Å²) in [7, 11) is 1.96. The molecule has 0 bridgehead atoms. The molecule has 0 spiro atoms. The van der Waals surface area contributed by atoms with Gasteiger partial charge in [-0.3, -0.25) is 4.68 Å². The van der Waals surface area contributed by atoms with E-state index in [-0.39, 0.29) is 0 Å². The molecule has 2 N–H and O–H groups in total. The monoisotopic (exact) mass is 332 g/mol. The molecule has 2 rings (SSSR count). The van der Waals surface area contributed by atoms with E-state index in [1.807, 2.05) is 35.5 Å². The van der Waals surface area contributed by atoms with Crippen LogP contribution in [0.25, 0.3) is 0 Å². The minimum atomic E-state index is 0.512. The van der Waals surface area contributed by atoms with Gasteiger partial charge in [-0.1, -0.05) is 13.3 Å². The maximum absolute atomic E-state index is 4.62. The van der Waals surface area contributed by atoms with E-state index in [2.05, 4.69) is 37.8 Å². The second-order valence-electron chi connectivity index (χ2n) is 5.72. The first-order valence-electron chi connectivity index (χ1n) is 8.55.